The molecule has 0 unspecified atom stereocenters. The van der Waals surface area contributed by atoms with E-state index in [-0.39, 0.29) is 24.8 Å². The Labute approximate surface area is 158 Å². The van der Waals surface area contributed by atoms with Crippen LogP contribution in [0.4, 0.5) is 10.5 Å². The maximum Gasteiger partial charge on any atom is 0.321 e. The lowest BCUT2D eigenvalue weighted by Gasteiger charge is -2.23. The quantitative estimate of drug-likeness (QED) is 0.734. The number of anilines is 1. The summed E-state index contributed by atoms with van der Waals surface area (Å²) in [6.45, 7) is 3.82. The molecule has 0 radical (unpaired) electrons. The van der Waals surface area contributed by atoms with Gasteiger partial charge in [0.25, 0.3) is 5.91 Å². The molecular formula is C19H25N3O5. The largest absolute Gasteiger partial charge is 0.455 e. The molecule has 0 aliphatic carbocycles. The van der Waals surface area contributed by atoms with Gasteiger partial charge < -0.3 is 15.0 Å². The molecule has 1 aliphatic heterocycles. The Morgan fingerprint density at radius 1 is 1.30 bits per heavy atom. The molecule has 1 fully saturated rings. The highest BCUT2D eigenvalue weighted by Crippen LogP contribution is 2.33. The lowest BCUT2D eigenvalue weighted by Crippen LogP contribution is -2.40. The smallest absolute Gasteiger partial charge is 0.321 e. The first kappa shape index (κ1) is 20.4. The maximum absolute atomic E-state index is 12.5. The van der Waals surface area contributed by atoms with Crippen molar-refractivity contribution in [3.8, 4) is 0 Å². The fourth-order valence-electron chi connectivity index (χ4n) is 2.95. The van der Waals surface area contributed by atoms with Crippen LogP contribution in [0.25, 0.3) is 0 Å². The van der Waals surface area contributed by atoms with E-state index in [0.29, 0.717) is 0 Å². The van der Waals surface area contributed by atoms with Crippen LogP contribution in [-0.4, -0.2) is 44.0 Å². The molecule has 0 bridgehead atoms. The lowest BCUT2D eigenvalue weighted by atomic mass is 9.96. The Bertz CT molecular complexity index is 734. The molecule has 8 heteroatoms. The van der Waals surface area contributed by atoms with Gasteiger partial charge in [-0.3, -0.25) is 19.7 Å². The minimum Gasteiger partial charge on any atom is -0.455 e. The van der Waals surface area contributed by atoms with Gasteiger partial charge in [0.15, 0.2) is 6.61 Å². The Morgan fingerprint density at radius 3 is 2.67 bits per heavy atom. The van der Waals surface area contributed by atoms with Crippen LogP contribution in [0.5, 0.6) is 0 Å². The van der Waals surface area contributed by atoms with E-state index in [1.807, 2.05) is 29.6 Å². The van der Waals surface area contributed by atoms with Crippen molar-refractivity contribution in [2.24, 2.45) is 5.92 Å². The first-order chi connectivity index (χ1) is 12.9. The Hall–Kier alpha value is -2.90. The standard InChI is InChI=1S/C19H25N3O5/c1-4-12(2)14-7-5-6-8-15(14)22-10-13(9-17(22)24)18(25)27-11-16(23)21-19(26)20-3/h5-8,12-13H,4,9-11H2,1-3H3,(H2,20,21,23,26)/t12-,13-/m1/s1. The molecule has 1 aromatic carbocycles. The predicted octanol–water partition coefficient (Wildman–Crippen LogP) is 1.55. The number of carbonyl (C=O) groups is 4. The van der Waals surface area contributed by atoms with Crippen LogP contribution in [-0.2, 0) is 19.1 Å². The zero-order valence-corrected chi connectivity index (χ0v) is 15.8. The third-order valence-corrected chi connectivity index (χ3v) is 4.65. The van der Waals surface area contributed by atoms with Crippen molar-refractivity contribution in [3.05, 3.63) is 29.8 Å². The summed E-state index contributed by atoms with van der Waals surface area (Å²) in [6.07, 6.45) is 0.968. The molecule has 1 aliphatic rings. The lowest BCUT2D eigenvalue weighted by molar-refractivity contribution is -0.152. The third-order valence-electron chi connectivity index (χ3n) is 4.65. The van der Waals surface area contributed by atoms with Crippen LogP contribution in [0, 0.1) is 5.92 Å². The zero-order chi connectivity index (χ0) is 20.0. The number of nitrogens with zero attached hydrogens (tertiary/aromatic N) is 1. The molecule has 146 valence electrons. The summed E-state index contributed by atoms with van der Waals surface area (Å²) in [6, 6.07) is 6.99. The highest BCUT2D eigenvalue weighted by molar-refractivity contribution is 6.00. The van der Waals surface area contributed by atoms with Crippen molar-refractivity contribution in [1.29, 1.82) is 0 Å². The van der Waals surface area contributed by atoms with E-state index < -0.39 is 30.4 Å². The summed E-state index contributed by atoms with van der Waals surface area (Å²) < 4.78 is 4.95. The molecule has 27 heavy (non-hydrogen) atoms. The van der Waals surface area contributed by atoms with Gasteiger partial charge in [-0.25, -0.2) is 4.79 Å². The Balaban J connectivity index is 2.00. The van der Waals surface area contributed by atoms with Crippen molar-refractivity contribution in [2.75, 3.05) is 25.1 Å². The minimum atomic E-state index is -0.731. The molecule has 2 N–H and O–H groups in total. The number of nitrogens with one attached hydrogen (secondary N) is 2. The summed E-state index contributed by atoms with van der Waals surface area (Å²) in [4.78, 5) is 48.8. The SMILES string of the molecule is CC[C@@H](C)c1ccccc1N1C[C@H](C(=O)OCC(=O)NC(=O)NC)CC1=O. The second kappa shape index (κ2) is 9.16. The molecule has 0 saturated carbocycles. The van der Waals surface area contributed by atoms with Gasteiger partial charge in [-0.1, -0.05) is 32.0 Å². The fraction of sp³-hybridized carbons (Fsp3) is 0.474. The summed E-state index contributed by atoms with van der Waals surface area (Å²) in [5.41, 5.74) is 1.87. The molecule has 1 aromatic rings. The molecule has 8 nitrogen and oxygen atoms in total. The zero-order valence-electron chi connectivity index (χ0n) is 15.8. The van der Waals surface area contributed by atoms with Gasteiger partial charge >= 0.3 is 12.0 Å². The molecular weight excluding hydrogens is 350 g/mol. The number of hydrogen-bond donors (Lipinski definition) is 2. The second-order valence-electron chi connectivity index (χ2n) is 6.51. The number of urea groups is 1. The van der Waals surface area contributed by atoms with Crippen molar-refractivity contribution < 1.29 is 23.9 Å². The predicted molar refractivity (Wildman–Crippen MR) is 99.2 cm³/mol. The van der Waals surface area contributed by atoms with Gasteiger partial charge in [-0.05, 0) is 24.0 Å². The van der Waals surface area contributed by atoms with Gasteiger partial charge in [0, 0.05) is 25.7 Å². The average Bonchev–Trinajstić information content (AvgIpc) is 3.06. The number of esters is 1. The monoisotopic (exact) mass is 375 g/mol. The number of rotatable bonds is 6. The maximum atomic E-state index is 12.5. The van der Waals surface area contributed by atoms with E-state index in [9.17, 15) is 19.2 Å². The summed E-state index contributed by atoms with van der Waals surface area (Å²) in [5.74, 6) is -1.86. The van der Waals surface area contributed by atoms with Gasteiger partial charge in [-0.2, -0.15) is 0 Å². The van der Waals surface area contributed by atoms with Crippen LogP contribution >= 0.6 is 0 Å². The number of hydrogen-bond acceptors (Lipinski definition) is 5. The number of imide groups is 1. The van der Waals surface area contributed by atoms with Gasteiger partial charge in [0.05, 0.1) is 5.92 Å². The Morgan fingerprint density at radius 2 is 2.00 bits per heavy atom. The van der Waals surface area contributed by atoms with Crippen molar-refractivity contribution in [2.45, 2.75) is 32.6 Å². The van der Waals surface area contributed by atoms with E-state index in [4.69, 9.17) is 4.74 Å². The normalized spacial score (nSPS) is 17.4. The fourth-order valence-corrected chi connectivity index (χ4v) is 2.95. The van der Waals surface area contributed by atoms with Gasteiger partial charge in [-0.15, -0.1) is 0 Å². The minimum absolute atomic E-state index is 0.0325. The number of para-hydroxylation sites is 1. The summed E-state index contributed by atoms with van der Waals surface area (Å²) in [7, 11) is 1.37. The van der Waals surface area contributed by atoms with E-state index in [1.54, 1.807) is 4.90 Å². The van der Waals surface area contributed by atoms with Crippen LogP contribution in [0.3, 0.4) is 0 Å². The average molecular weight is 375 g/mol. The van der Waals surface area contributed by atoms with E-state index in [2.05, 4.69) is 19.2 Å². The first-order valence-corrected chi connectivity index (χ1v) is 8.94. The first-order valence-electron chi connectivity index (χ1n) is 8.94. The third kappa shape index (κ3) is 5.06. The van der Waals surface area contributed by atoms with Crippen molar-refractivity contribution in [1.82, 2.24) is 10.6 Å². The van der Waals surface area contributed by atoms with Crippen molar-refractivity contribution in [3.63, 3.8) is 0 Å². The summed E-state index contributed by atoms with van der Waals surface area (Å²) in [5, 5.41) is 4.23. The molecule has 4 amide bonds. The van der Waals surface area contributed by atoms with E-state index in [1.165, 1.54) is 7.05 Å². The molecule has 0 spiro atoms. The van der Waals surface area contributed by atoms with Gasteiger partial charge in [0.1, 0.15) is 0 Å². The highest BCUT2D eigenvalue weighted by Gasteiger charge is 2.37. The number of carbonyl (C=O) groups excluding carboxylic acids is 4. The molecule has 1 heterocycles. The highest BCUT2D eigenvalue weighted by atomic mass is 16.5. The van der Waals surface area contributed by atoms with E-state index in [0.717, 1.165) is 17.7 Å². The molecule has 0 aromatic heterocycles. The van der Waals surface area contributed by atoms with Crippen LogP contribution in [0.15, 0.2) is 24.3 Å². The number of amides is 4. The molecule has 1 saturated heterocycles. The second-order valence-corrected chi connectivity index (χ2v) is 6.51. The molecule has 2 rings (SSSR count). The number of ether oxygens (including phenoxy) is 1. The Kier molecular flexibility index (Phi) is 6.92. The van der Waals surface area contributed by atoms with Crippen LogP contribution in [0.2, 0.25) is 0 Å². The van der Waals surface area contributed by atoms with E-state index >= 15 is 0 Å². The summed E-state index contributed by atoms with van der Waals surface area (Å²) >= 11 is 0. The van der Waals surface area contributed by atoms with Crippen LogP contribution in [0.1, 0.15) is 38.2 Å². The van der Waals surface area contributed by atoms with Crippen LogP contribution < -0.4 is 15.5 Å². The van der Waals surface area contributed by atoms with Crippen molar-refractivity contribution >= 4 is 29.5 Å². The topological polar surface area (TPSA) is 105 Å². The van der Waals surface area contributed by atoms with Gasteiger partial charge in [0.2, 0.25) is 5.91 Å². The molecule has 2 atom stereocenters. The number of benzene rings is 1.